The molecule has 1 rings (SSSR count). The molecule has 74 valence electrons. The number of hydrogen-bond acceptors (Lipinski definition) is 2. The van der Waals surface area contributed by atoms with E-state index in [0.29, 0.717) is 6.10 Å². The van der Waals surface area contributed by atoms with E-state index in [0.717, 1.165) is 6.61 Å². The van der Waals surface area contributed by atoms with Crippen molar-refractivity contribution in [1.29, 1.82) is 0 Å². The minimum absolute atomic E-state index is 0.0417. The molecule has 0 bridgehead atoms. The first-order valence-electron chi connectivity index (χ1n) is 4.62. The summed E-state index contributed by atoms with van der Waals surface area (Å²) >= 11 is 0. The lowest BCUT2D eigenvalue weighted by Crippen LogP contribution is -2.15. The van der Waals surface area contributed by atoms with Crippen molar-refractivity contribution >= 4 is 0 Å². The fraction of sp³-hybridized carbons (Fsp3) is 1.00. The summed E-state index contributed by atoms with van der Waals surface area (Å²) in [6.45, 7) is 9.17. The lowest BCUT2D eigenvalue weighted by molar-refractivity contribution is 0.0397. The molecule has 1 atom stereocenters. The molecule has 0 saturated carbocycles. The van der Waals surface area contributed by atoms with Gasteiger partial charge in [-0.3, -0.25) is 0 Å². The predicted octanol–water partition coefficient (Wildman–Crippen LogP) is 2.62. The summed E-state index contributed by atoms with van der Waals surface area (Å²) in [7, 11) is 1.71. The molecule has 1 heterocycles. The van der Waals surface area contributed by atoms with Crippen molar-refractivity contribution < 1.29 is 9.47 Å². The molecule has 1 aliphatic heterocycles. The molecule has 2 heteroatoms. The molecule has 0 aromatic rings. The monoisotopic (exact) mass is 174 g/mol. The van der Waals surface area contributed by atoms with Crippen LogP contribution in [0.3, 0.4) is 0 Å². The smallest absolute Gasteiger partial charge is 0.0594 e. The molecule has 0 aliphatic carbocycles. The quantitative estimate of drug-likeness (QED) is 0.562. The second-order valence-corrected chi connectivity index (χ2v) is 4.14. The van der Waals surface area contributed by atoms with Crippen molar-refractivity contribution in [2.24, 2.45) is 0 Å². The maximum Gasteiger partial charge on any atom is 0.0594 e. The van der Waals surface area contributed by atoms with E-state index in [1.807, 2.05) is 20.8 Å². The Labute approximate surface area is 76.3 Å². The molecule has 0 radical (unpaired) electrons. The molecule has 0 spiro atoms. The van der Waals surface area contributed by atoms with Crippen LogP contribution in [0, 0.1) is 0 Å². The van der Waals surface area contributed by atoms with E-state index >= 15 is 0 Å². The highest BCUT2D eigenvalue weighted by atomic mass is 16.5. The Morgan fingerprint density at radius 3 is 1.92 bits per heavy atom. The summed E-state index contributed by atoms with van der Waals surface area (Å²) in [5.41, 5.74) is 0.0417. The van der Waals surface area contributed by atoms with E-state index in [-0.39, 0.29) is 5.60 Å². The first kappa shape index (κ1) is 11.9. The normalized spacial score (nSPS) is 23.2. The van der Waals surface area contributed by atoms with Crippen molar-refractivity contribution in [3.63, 3.8) is 0 Å². The Kier molecular flexibility index (Phi) is 5.51. The van der Waals surface area contributed by atoms with Crippen LogP contribution < -0.4 is 0 Å². The van der Waals surface area contributed by atoms with E-state index in [2.05, 4.69) is 6.92 Å². The number of hydrogen-bond donors (Lipinski definition) is 0. The third-order valence-electron chi connectivity index (χ3n) is 1.77. The van der Waals surface area contributed by atoms with Gasteiger partial charge in [-0.2, -0.15) is 0 Å². The van der Waals surface area contributed by atoms with Gasteiger partial charge in [0, 0.05) is 13.7 Å². The van der Waals surface area contributed by atoms with Crippen LogP contribution in [0.1, 0.15) is 40.5 Å². The van der Waals surface area contributed by atoms with Crippen molar-refractivity contribution in [3.8, 4) is 0 Å². The third kappa shape index (κ3) is 8.02. The van der Waals surface area contributed by atoms with Crippen LogP contribution in [-0.4, -0.2) is 25.4 Å². The highest BCUT2D eigenvalue weighted by Crippen LogP contribution is 2.09. The minimum Gasteiger partial charge on any atom is -0.379 e. The Morgan fingerprint density at radius 1 is 1.33 bits per heavy atom. The van der Waals surface area contributed by atoms with Gasteiger partial charge in [0.25, 0.3) is 0 Å². The maximum atomic E-state index is 5.15. The van der Waals surface area contributed by atoms with Gasteiger partial charge in [0.05, 0.1) is 11.7 Å². The van der Waals surface area contributed by atoms with Crippen molar-refractivity contribution in [2.75, 3.05) is 13.7 Å². The minimum atomic E-state index is 0.0417. The lowest BCUT2D eigenvalue weighted by Gasteiger charge is -2.14. The molecule has 1 fully saturated rings. The third-order valence-corrected chi connectivity index (χ3v) is 1.77. The zero-order valence-corrected chi connectivity index (χ0v) is 9.02. The van der Waals surface area contributed by atoms with Crippen LogP contribution in [-0.2, 0) is 9.47 Å². The molecular formula is C10H22O2. The van der Waals surface area contributed by atoms with Gasteiger partial charge in [-0.1, -0.05) is 0 Å². The Hall–Kier alpha value is -0.0800. The summed E-state index contributed by atoms with van der Waals surface area (Å²) < 4.78 is 10.1. The van der Waals surface area contributed by atoms with Gasteiger partial charge < -0.3 is 9.47 Å². The Bertz CT molecular complexity index is 98.9. The Balaban J connectivity index is 0.000000202. The van der Waals surface area contributed by atoms with Gasteiger partial charge >= 0.3 is 0 Å². The highest BCUT2D eigenvalue weighted by molar-refractivity contribution is 4.56. The summed E-state index contributed by atoms with van der Waals surface area (Å²) in [6.07, 6.45) is 3.08. The molecular weight excluding hydrogens is 152 g/mol. The largest absolute Gasteiger partial charge is 0.379 e. The molecule has 12 heavy (non-hydrogen) atoms. The maximum absolute atomic E-state index is 5.15. The van der Waals surface area contributed by atoms with E-state index in [1.165, 1.54) is 12.8 Å². The van der Waals surface area contributed by atoms with Crippen LogP contribution in [0.2, 0.25) is 0 Å². The lowest BCUT2D eigenvalue weighted by atomic mass is 10.2. The van der Waals surface area contributed by atoms with Crippen molar-refractivity contribution in [1.82, 2.24) is 0 Å². The second-order valence-electron chi connectivity index (χ2n) is 4.14. The number of methoxy groups -OCH3 is 1. The van der Waals surface area contributed by atoms with Gasteiger partial charge in [0.15, 0.2) is 0 Å². The average molecular weight is 174 g/mol. The van der Waals surface area contributed by atoms with E-state index < -0.39 is 0 Å². The molecule has 1 unspecified atom stereocenters. The molecule has 0 aromatic heterocycles. The predicted molar refractivity (Wildman–Crippen MR) is 51.4 cm³/mol. The summed E-state index contributed by atoms with van der Waals surface area (Å²) in [5, 5.41) is 0. The van der Waals surface area contributed by atoms with Crippen LogP contribution in [0.5, 0.6) is 0 Å². The summed E-state index contributed by atoms with van der Waals surface area (Å²) in [5.74, 6) is 0. The van der Waals surface area contributed by atoms with Gasteiger partial charge in [0.1, 0.15) is 0 Å². The zero-order valence-electron chi connectivity index (χ0n) is 9.02. The average Bonchev–Trinajstić information content (AvgIpc) is 2.39. The Morgan fingerprint density at radius 2 is 1.83 bits per heavy atom. The van der Waals surface area contributed by atoms with Crippen molar-refractivity contribution in [3.05, 3.63) is 0 Å². The summed E-state index contributed by atoms with van der Waals surface area (Å²) in [4.78, 5) is 0. The molecule has 1 aliphatic rings. The van der Waals surface area contributed by atoms with Crippen LogP contribution >= 0.6 is 0 Å². The fourth-order valence-corrected chi connectivity index (χ4v) is 0.739. The standard InChI is InChI=1S/C5H10O.C5H12O/c1-5-3-2-4-6-5;1-5(2,3)6-4/h5H,2-4H2,1H3;1-4H3. The van der Waals surface area contributed by atoms with E-state index in [4.69, 9.17) is 9.47 Å². The van der Waals surface area contributed by atoms with Crippen molar-refractivity contribution in [2.45, 2.75) is 52.2 Å². The molecule has 2 nitrogen and oxygen atoms in total. The van der Waals surface area contributed by atoms with E-state index in [9.17, 15) is 0 Å². The summed E-state index contributed by atoms with van der Waals surface area (Å²) in [6, 6.07) is 0. The molecule has 0 aromatic carbocycles. The number of rotatable bonds is 0. The molecule has 0 N–H and O–H groups in total. The fourth-order valence-electron chi connectivity index (χ4n) is 0.739. The molecule has 0 amide bonds. The van der Waals surface area contributed by atoms with Gasteiger partial charge in [-0.25, -0.2) is 0 Å². The number of ether oxygens (including phenoxy) is 2. The molecule has 1 saturated heterocycles. The van der Waals surface area contributed by atoms with Gasteiger partial charge in [0.2, 0.25) is 0 Å². The van der Waals surface area contributed by atoms with Gasteiger partial charge in [-0.05, 0) is 40.5 Å². The first-order chi connectivity index (χ1) is 5.45. The second kappa shape index (κ2) is 5.55. The topological polar surface area (TPSA) is 18.5 Å². The first-order valence-corrected chi connectivity index (χ1v) is 4.62. The SMILES string of the molecule is CC1CCCO1.COC(C)(C)C. The zero-order chi connectivity index (χ0) is 9.61. The van der Waals surface area contributed by atoms with E-state index in [1.54, 1.807) is 7.11 Å². The highest BCUT2D eigenvalue weighted by Gasteiger charge is 2.07. The van der Waals surface area contributed by atoms with Crippen LogP contribution in [0.25, 0.3) is 0 Å². The van der Waals surface area contributed by atoms with Crippen LogP contribution in [0.4, 0.5) is 0 Å². The van der Waals surface area contributed by atoms with Crippen LogP contribution in [0.15, 0.2) is 0 Å². The van der Waals surface area contributed by atoms with Gasteiger partial charge in [-0.15, -0.1) is 0 Å².